The first-order valence-corrected chi connectivity index (χ1v) is 10.7. The quantitative estimate of drug-likeness (QED) is 0.774. The van der Waals surface area contributed by atoms with Gasteiger partial charge in [0.25, 0.3) is 0 Å². The molecule has 3 rings (SSSR count). The fourth-order valence-electron chi connectivity index (χ4n) is 3.66. The van der Waals surface area contributed by atoms with Crippen molar-refractivity contribution in [2.75, 3.05) is 25.7 Å². The van der Waals surface area contributed by atoms with Gasteiger partial charge >= 0.3 is 0 Å². The number of hydrogen-bond donors (Lipinski definition) is 0. The lowest BCUT2D eigenvalue weighted by molar-refractivity contribution is 0.316. The Balaban J connectivity index is 1.73. The Morgan fingerprint density at radius 1 is 1.31 bits per heavy atom. The fraction of sp³-hybridized carbons (Fsp3) is 0.526. The Morgan fingerprint density at radius 2 is 2.08 bits per heavy atom. The van der Waals surface area contributed by atoms with Crippen LogP contribution in [0.1, 0.15) is 35.0 Å². The van der Waals surface area contributed by atoms with E-state index in [9.17, 15) is 8.42 Å². The molecule has 0 saturated carbocycles. The van der Waals surface area contributed by atoms with Crippen molar-refractivity contribution in [2.45, 2.75) is 39.4 Å². The van der Waals surface area contributed by atoms with E-state index in [1.54, 1.807) is 7.11 Å². The summed E-state index contributed by atoms with van der Waals surface area (Å²) in [5.74, 6) is 1.33. The number of rotatable bonds is 6. The lowest BCUT2D eigenvalue weighted by Crippen LogP contribution is -2.19. The SMILES string of the molecule is COc1cccc(CN(C)Cc2c(C)nn([C@@H]3CCS(=O)(=O)C3)c2C)c1. The van der Waals surface area contributed by atoms with Crippen LogP contribution in [-0.2, 0) is 22.9 Å². The van der Waals surface area contributed by atoms with Crippen molar-refractivity contribution in [1.29, 1.82) is 0 Å². The molecule has 1 fully saturated rings. The molecule has 0 N–H and O–H groups in total. The summed E-state index contributed by atoms with van der Waals surface area (Å²) in [6, 6.07) is 8.04. The number of benzene rings is 1. The van der Waals surface area contributed by atoms with Crippen LogP contribution in [0.2, 0.25) is 0 Å². The fourth-order valence-corrected chi connectivity index (χ4v) is 5.35. The van der Waals surface area contributed by atoms with E-state index >= 15 is 0 Å². The molecule has 1 aromatic heterocycles. The van der Waals surface area contributed by atoms with Crippen LogP contribution < -0.4 is 4.74 Å². The smallest absolute Gasteiger partial charge is 0.152 e. The van der Waals surface area contributed by atoms with Gasteiger partial charge in [-0.1, -0.05) is 12.1 Å². The number of hydrogen-bond acceptors (Lipinski definition) is 5. The van der Waals surface area contributed by atoms with Gasteiger partial charge in [-0.3, -0.25) is 9.58 Å². The Hall–Kier alpha value is -1.86. The second-order valence-corrected chi connectivity index (χ2v) is 9.40. The van der Waals surface area contributed by atoms with E-state index < -0.39 is 9.84 Å². The maximum atomic E-state index is 11.8. The number of aromatic nitrogens is 2. The van der Waals surface area contributed by atoms with Crippen LogP contribution in [0.15, 0.2) is 24.3 Å². The molecule has 0 unspecified atom stereocenters. The highest BCUT2D eigenvalue weighted by atomic mass is 32.2. The van der Waals surface area contributed by atoms with Crippen LogP contribution in [0.5, 0.6) is 5.75 Å². The van der Waals surface area contributed by atoms with Gasteiger partial charge in [0, 0.05) is 24.3 Å². The largest absolute Gasteiger partial charge is 0.497 e. The Morgan fingerprint density at radius 3 is 2.73 bits per heavy atom. The predicted octanol–water partition coefficient (Wildman–Crippen LogP) is 2.50. The summed E-state index contributed by atoms with van der Waals surface area (Å²) in [6.45, 7) is 5.62. The highest BCUT2D eigenvalue weighted by Gasteiger charge is 2.31. The van der Waals surface area contributed by atoms with Crippen LogP contribution in [0.4, 0.5) is 0 Å². The van der Waals surface area contributed by atoms with Crippen molar-refractivity contribution in [1.82, 2.24) is 14.7 Å². The van der Waals surface area contributed by atoms with E-state index in [2.05, 4.69) is 23.1 Å². The van der Waals surface area contributed by atoms with Gasteiger partial charge in [0.15, 0.2) is 9.84 Å². The molecule has 1 aliphatic heterocycles. The van der Waals surface area contributed by atoms with E-state index in [4.69, 9.17) is 4.74 Å². The van der Waals surface area contributed by atoms with E-state index in [-0.39, 0.29) is 17.5 Å². The van der Waals surface area contributed by atoms with Crippen LogP contribution in [0.3, 0.4) is 0 Å². The second-order valence-electron chi connectivity index (χ2n) is 7.17. The molecule has 6 nitrogen and oxygen atoms in total. The molecule has 142 valence electrons. The number of methoxy groups -OCH3 is 1. The zero-order chi connectivity index (χ0) is 18.9. The third-order valence-electron chi connectivity index (χ3n) is 5.04. The minimum atomic E-state index is -2.92. The van der Waals surface area contributed by atoms with Gasteiger partial charge in [0.2, 0.25) is 0 Å². The molecule has 1 aromatic carbocycles. The number of aryl methyl sites for hydroxylation is 1. The van der Waals surface area contributed by atoms with Crippen molar-refractivity contribution < 1.29 is 13.2 Å². The van der Waals surface area contributed by atoms with E-state index in [0.717, 1.165) is 30.2 Å². The molecule has 0 spiro atoms. The Bertz CT molecular complexity index is 889. The van der Waals surface area contributed by atoms with E-state index in [1.165, 1.54) is 11.1 Å². The molecule has 0 aliphatic carbocycles. The van der Waals surface area contributed by atoms with Crippen LogP contribution >= 0.6 is 0 Å². The summed E-state index contributed by atoms with van der Waals surface area (Å²) in [7, 11) is 0.835. The number of nitrogens with zero attached hydrogens (tertiary/aromatic N) is 3. The lowest BCUT2D eigenvalue weighted by atomic mass is 10.1. The van der Waals surface area contributed by atoms with Crippen molar-refractivity contribution >= 4 is 9.84 Å². The molecule has 1 atom stereocenters. The monoisotopic (exact) mass is 377 g/mol. The van der Waals surface area contributed by atoms with E-state index in [1.807, 2.05) is 36.7 Å². The van der Waals surface area contributed by atoms with Gasteiger partial charge in [-0.05, 0) is 45.0 Å². The molecule has 1 saturated heterocycles. The minimum Gasteiger partial charge on any atom is -0.497 e. The Labute approximate surface area is 155 Å². The van der Waals surface area contributed by atoms with Crippen LogP contribution in [0, 0.1) is 13.8 Å². The molecule has 26 heavy (non-hydrogen) atoms. The molecule has 0 amide bonds. The molecule has 1 aliphatic rings. The standard InChI is InChI=1S/C19H27N3O3S/c1-14-19(12-21(3)11-16-6-5-7-18(10-16)25-4)15(2)22(20-14)17-8-9-26(23,24)13-17/h5-7,10,17H,8-9,11-13H2,1-4H3/t17-/m1/s1. The lowest BCUT2D eigenvalue weighted by Gasteiger charge is -2.18. The zero-order valence-corrected chi connectivity index (χ0v) is 16.7. The number of ether oxygens (including phenoxy) is 1. The first-order valence-electron chi connectivity index (χ1n) is 8.85. The van der Waals surface area contributed by atoms with Crippen molar-refractivity contribution in [3.8, 4) is 5.75 Å². The maximum absolute atomic E-state index is 11.8. The normalized spacial score (nSPS) is 19.2. The summed E-state index contributed by atoms with van der Waals surface area (Å²) >= 11 is 0. The maximum Gasteiger partial charge on any atom is 0.152 e. The summed E-state index contributed by atoms with van der Waals surface area (Å²) in [5.41, 5.74) is 4.42. The molecular weight excluding hydrogens is 350 g/mol. The molecule has 2 heterocycles. The first-order chi connectivity index (χ1) is 12.3. The van der Waals surface area contributed by atoms with Gasteiger partial charge in [-0.15, -0.1) is 0 Å². The van der Waals surface area contributed by atoms with Crippen LogP contribution in [-0.4, -0.2) is 48.8 Å². The zero-order valence-electron chi connectivity index (χ0n) is 15.9. The molecule has 7 heteroatoms. The Kier molecular flexibility index (Phi) is 5.39. The average Bonchev–Trinajstić information content (AvgIpc) is 3.08. The van der Waals surface area contributed by atoms with Crippen molar-refractivity contribution in [3.05, 3.63) is 46.8 Å². The van der Waals surface area contributed by atoms with Crippen molar-refractivity contribution in [2.24, 2.45) is 0 Å². The third-order valence-corrected chi connectivity index (χ3v) is 6.79. The van der Waals surface area contributed by atoms with Gasteiger partial charge in [0.05, 0.1) is 30.4 Å². The molecule has 0 bridgehead atoms. The van der Waals surface area contributed by atoms with Crippen molar-refractivity contribution in [3.63, 3.8) is 0 Å². The third kappa shape index (κ3) is 4.10. The topological polar surface area (TPSA) is 64.4 Å². The summed E-state index contributed by atoms with van der Waals surface area (Å²) < 4.78 is 30.8. The number of sulfone groups is 1. The van der Waals surface area contributed by atoms with Gasteiger partial charge in [-0.2, -0.15) is 5.10 Å². The van der Waals surface area contributed by atoms with Gasteiger partial charge < -0.3 is 4.74 Å². The summed E-state index contributed by atoms with van der Waals surface area (Å²) in [6.07, 6.45) is 0.656. The summed E-state index contributed by atoms with van der Waals surface area (Å²) in [5, 5.41) is 4.65. The van der Waals surface area contributed by atoms with E-state index in [0.29, 0.717) is 6.42 Å². The predicted molar refractivity (Wildman–Crippen MR) is 102 cm³/mol. The average molecular weight is 378 g/mol. The highest BCUT2D eigenvalue weighted by Crippen LogP contribution is 2.27. The second kappa shape index (κ2) is 7.40. The van der Waals surface area contributed by atoms with Gasteiger partial charge in [0.1, 0.15) is 5.75 Å². The van der Waals surface area contributed by atoms with Gasteiger partial charge in [-0.25, -0.2) is 8.42 Å². The highest BCUT2D eigenvalue weighted by molar-refractivity contribution is 7.91. The molecule has 2 aromatic rings. The molecule has 0 radical (unpaired) electrons. The summed E-state index contributed by atoms with van der Waals surface area (Å²) in [4.78, 5) is 2.24. The first kappa shape index (κ1) is 18.9. The van der Waals surface area contributed by atoms with Crippen LogP contribution in [0.25, 0.3) is 0 Å². The minimum absolute atomic E-state index is 0.0314. The molecular formula is C19H27N3O3S.